The van der Waals surface area contributed by atoms with Crippen molar-refractivity contribution in [2.75, 3.05) is 6.54 Å². The summed E-state index contributed by atoms with van der Waals surface area (Å²) in [6, 6.07) is 6.47. The van der Waals surface area contributed by atoms with Crippen LogP contribution in [0.3, 0.4) is 0 Å². The molecule has 1 aliphatic heterocycles. The van der Waals surface area contributed by atoms with Crippen molar-refractivity contribution in [1.82, 2.24) is 10.6 Å². The predicted molar refractivity (Wildman–Crippen MR) is 75.4 cm³/mol. The molecule has 5 heteroatoms. The molecule has 1 aliphatic rings. The molecule has 0 bridgehead atoms. The van der Waals surface area contributed by atoms with Gasteiger partial charge in [0.15, 0.2) is 0 Å². The fourth-order valence-corrected chi connectivity index (χ4v) is 2.51. The van der Waals surface area contributed by atoms with Gasteiger partial charge in [0.2, 0.25) is 5.91 Å². The second kappa shape index (κ2) is 6.52. The lowest BCUT2D eigenvalue weighted by atomic mass is 9.92. The number of hydrogen-bond acceptors (Lipinski definition) is 3. The van der Waals surface area contributed by atoms with E-state index in [4.69, 9.17) is 5.11 Å². The molecule has 108 valence electrons. The van der Waals surface area contributed by atoms with Crippen LogP contribution in [-0.4, -0.2) is 29.6 Å². The molecule has 3 N–H and O–H groups in total. The molecule has 0 saturated carbocycles. The van der Waals surface area contributed by atoms with Crippen molar-refractivity contribution in [1.29, 1.82) is 0 Å². The summed E-state index contributed by atoms with van der Waals surface area (Å²) >= 11 is 0. The third kappa shape index (κ3) is 3.57. The lowest BCUT2D eigenvalue weighted by Gasteiger charge is -2.28. The van der Waals surface area contributed by atoms with Crippen LogP contribution in [0.4, 0.5) is 0 Å². The molecule has 2 unspecified atom stereocenters. The number of amides is 1. The van der Waals surface area contributed by atoms with Gasteiger partial charge in [-0.2, -0.15) is 0 Å². The fourth-order valence-electron chi connectivity index (χ4n) is 2.51. The highest BCUT2D eigenvalue weighted by Gasteiger charge is 2.26. The number of carboxylic acid groups (broad SMARTS) is 1. The van der Waals surface area contributed by atoms with Crippen LogP contribution in [0.1, 0.15) is 35.7 Å². The number of piperidine rings is 1. The number of hydrogen-bond donors (Lipinski definition) is 3. The second-order valence-electron chi connectivity index (χ2n) is 5.27. The van der Waals surface area contributed by atoms with Crippen molar-refractivity contribution in [2.45, 2.75) is 32.4 Å². The van der Waals surface area contributed by atoms with E-state index < -0.39 is 5.97 Å². The van der Waals surface area contributed by atoms with Crippen LogP contribution in [0.25, 0.3) is 0 Å². The van der Waals surface area contributed by atoms with Gasteiger partial charge in [-0.25, -0.2) is 4.79 Å². The number of benzene rings is 1. The Morgan fingerprint density at radius 2 is 2.25 bits per heavy atom. The van der Waals surface area contributed by atoms with Crippen molar-refractivity contribution in [3.05, 3.63) is 35.4 Å². The lowest BCUT2D eigenvalue weighted by molar-refractivity contribution is -0.125. The Morgan fingerprint density at radius 1 is 1.45 bits per heavy atom. The highest BCUT2D eigenvalue weighted by atomic mass is 16.4. The molecule has 0 spiro atoms. The Kier molecular flexibility index (Phi) is 4.74. The van der Waals surface area contributed by atoms with Crippen LogP contribution in [0.5, 0.6) is 0 Å². The van der Waals surface area contributed by atoms with Crippen LogP contribution in [0.2, 0.25) is 0 Å². The van der Waals surface area contributed by atoms with Crippen molar-refractivity contribution >= 4 is 11.9 Å². The Labute approximate surface area is 118 Å². The minimum atomic E-state index is -0.958. The Hall–Kier alpha value is -1.88. The van der Waals surface area contributed by atoms with E-state index in [2.05, 4.69) is 17.6 Å². The van der Waals surface area contributed by atoms with Crippen molar-refractivity contribution in [2.24, 2.45) is 5.92 Å². The first-order chi connectivity index (χ1) is 9.58. The SMILES string of the molecule is CC1CCCNC1C(=O)NCc1cccc(C(=O)O)c1. The normalized spacial score (nSPS) is 22.2. The van der Waals surface area contributed by atoms with E-state index in [1.807, 2.05) is 6.07 Å². The van der Waals surface area contributed by atoms with Gasteiger partial charge in [0.1, 0.15) is 0 Å². The minimum Gasteiger partial charge on any atom is -0.478 e. The molecule has 0 radical (unpaired) electrons. The molecular weight excluding hydrogens is 256 g/mol. The monoisotopic (exact) mass is 276 g/mol. The van der Waals surface area contributed by atoms with Crippen LogP contribution >= 0.6 is 0 Å². The molecule has 2 atom stereocenters. The van der Waals surface area contributed by atoms with E-state index in [0.29, 0.717) is 12.5 Å². The van der Waals surface area contributed by atoms with Gasteiger partial charge in [-0.1, -0.05) is 19.1 Å². The standard InChI is InChI=1S/C15H20N2O3/c1-10-4-3-7-16-13(10)14(18)17-9-11-5-2-6-12(8-11)15(19)20/h2,5-6,8,10,13,16H,3-4,7,9H2,1H3,(H,17,18)(H,19,20). The summed E-state index contributed by atoms with van der Waals surface area (Å²) in [7, 11) is 0. The zero-order valence-electron chi connectivity index (χ0n) is 11.6. The van der Waals surface area contributed by atoms with Crippen molar-refractivity contribution in [3.8, 4) is 0 Å². The van der Waals surface area contributed by atoms with Crippen molar-refractivity contribution < 1.29 is 14.7 Å². The summed E-state index contributed by atoms with van der Waals surface area (Å²) < 4.78 is 0. The van der Waals surface area contributed by atoms with Crippen LogP contribution in [-0.2, 0) is 11.3 Å². The average molecular weight is 276 g/mol. The van der Waals surface area contributed by atoms with Gasteiger partial charge in [0.05, 0.1) is 11.6 Å². The van der Waals surface area contributed by atoms with E-state index >= 15 is 0 Å². The van der Waals surface area contributed by atoms with E-state index in [-0.39, 0.29) is 17.5 Å². The molecule has 0 aliphatic carbocycles. The van der Waals surface area contributed by atoms with Crippen LogP contribution in [0, 0.1) is 5.92 Å². The van der Waals surface area contributed by atoms with E-state index in [1.54, 1.807) is 18.2 Å². The van der Waals surface area contributed by atoms with Gasteiger partial charge in [0.25, 0.3) is 0 Å². The van der Waals surface area contributed by atoms with E-state index in [9.17, 15) is 9.59 Å². The number of nitrogens with one attached hydrogen (secondary N) is 2. The van der Waals surface area contributed by atoms with Crippen LogP contribution < -0.4 is 10.6 Å². The van der Waals surface area contributed by atoms with Gasteiger partial charge in [-0.3, -0.25) is 4.79 Å². The number of rotatable bonds is 4. The topological polar surface area (TPSA) is 78.4 Å². The first-order valence-electron chi connectivity index (χ1n) is 6.91. The number of carboxylic acids is 1. The molecule has 2 rings (SSSR count). The third-order valence-electron chi connectivity index (χ3n) is 3.69. The molecular formula is C15H20N2O3. The molecule has 0 aromatic heterocycles. The molecule has 1 aromatic rings. The maximum atomic E-state index is 12.1. The molecule has 1 saturated heterocycles. The summed E-state index contributed by atoms with van der Waals surface area (Å²) in [5.74, 6) is -0.646. The summed E-state index contributed by atoms with van der Waals surface area (Å²) in [5, 5.41) is 15.0. The van der Waals surface area contributed by atoms with Gasteiger partial charge in [-0.05, 0) is 43.0 Å². The summed E-state index contributed by atoms with van der Waals surface area (Å²) in [4.78, 5) is 23.0. The maximum Gasteiger partial charge on any atom is 0.335 e. The second-order valence-corrected chi connectivity index (χ2v) is 5.27. The number of carbonyl (C=O) groups is 2. The molecule has 1 amide bonds. The Bertz CT molecular complexity index is 502. The van der Waals surface area contributed by atoms with Crippen molar-refractivity contribution in [3.63, 3.8) is 0 Å². The van der Waals surface area contributed by atoms with E-state index in [1.165, 1.54) is 0 Å². The summed E-state index contributed by atoms with van der Waals surface area (Å²) in [6.45, 7) is 3.29. The maximum absolute atomic E-state index is 12.1. The number of carbonyl (C=O) groups excluding carboxylic acids is 1. The molecule has 20 heavy (non-hydrogen) atoms. The molecule has 1 heterocycles. The predicted octanol–water partition coefficient (Wildman–Crippen LogP) is 1.39. The van der Waals surface area contributed by atoms with Gasteiger partial charge in [-0.15, -0.1) is 0 Å². The van der Waals surface area contributed by atoms with Gasteiger partial charge in [0, 0.05) is 6.54 Å². The largest absolute Gasteiger partial charge is 0.478 e. The molecule has 5 nitrogen and oxygen atoms in total. The fraction of sp³-hybridized carbons (Fsp3) is 0.467. The summed E-state index contributed by atoms with van der Waals surface area (Å²) in [5.41, 5.74) is 1.03. The minimum absolute atomic E-state index is 0.0158. The zero-order chi connectivity index (χ0) is 14.5. The molecule has 1 fully saturated rings. The first-order valence-corrected chi connectivity index (χ1v) is 6.91. The smallest absolute Gasteiger partial charge is 0.335 e. The Morgan fingerprint density at radius 3 is 2.95 bits per heavy atom. The lowest BCUT2D eigenvalue weighted by Crippen LogP contribution is -2.50. The Balaban J connectivity index is 1.92. The quantitative estimate of drug-likeness (QED) is 0.776. The molecule has 1 aromatic carbocycles. The third-order valence-corrected chi connectivity index (χ3v) is 3.69. The highest BCUT2D eigenvalue weighted by molar-refractivity contribution is 5.87. The van der Waals surface area contributed by atoms with E-state index in [0.717, 1.165) is 24.9 Å². The summed E-state index contributed by atoms with van der Waals surface area (Å²) in [6.07, 6.45) is 2.16. The zero-order valence-corrected chi connectivity index (χ0v) is 11.6. The van der Waals surface area contributed by atoms with Gasteiger partial charge < -0.3 is 15.7 Å². The first kappa shape index (κ1) is 14.5. The van der Waals surface area contributed by atoms with Gasteiger partial charge >= 0.3 is 5.97 Å². The van der Waals surface area contributed by atoms with Crippen LogP contribution in [0.15, 0.2) is 24.3 Å². The number of aromatic carboxylic acids is 1. The highest BCUT2D eigenvalue weighted by Crippen LogP contribution is 2.15. The average Bonchev–Trinajstić information content (AvgIpc) is 2.45.